The maximum Gasteiger partial charge on any atom is 0.245 e. The van der Waals surface area contributed by atoms with E-state index in [4.69, 9.17) is 23.2 Å². The van der Waals surface area contributed by atoms with Gasteiger partial charge in [-0.25, -0.2) is 0 Å². The third kappa shape index (κ3) is 4.09. The Balaban J connectivity index is 4.35. The van der Waals surface area contributed by atoms with E-state index in [-0.39, 0.29) is 0 Å². The van der Waals surface area contributed by atoms with Crippen LogP contribution < -0.4 is 0 Å². The lowest BCUT2D eigenvalue weighted by Gasteiger charge is -2.12. The van der Waals surface area contributed by atoms with E-state index in [0.29, 0.717) is 4.66 Å². The van der Waals surface area contributed by atoms with E-state index >= 15 is 0 Å². The Morgan fingerprint density at radius 1 is 1.30 bits per heavy atom. The maximum atomic E-state index is 10.3. The van der Waals surface area contributed by atoms with E-state index in [2.05, 4.69) is 0 Å². The highest BCUT2D eigenvalue weighted by atomic mass is 35.5. The van der Waals surface area contributed by atoms with Gasteiger partial charge in [-0.3, -0.25) is 4.79 Å². The highest BCUT2D eigenvalue weighted by Crippen LogP contribution is 2.18. The zero-order valence-corrected chi connectivity index (χ0v) is 8.75. The lowest BCUT2D eigenvalue weighted by molar-refractivity contribution is -0.107. The number of carbonyl (C=O) groups excluding carboxylic acids is 1. The molecule has 0 aliphatic carbocycles. The van der Waals surface area contributed by atoms with E-state index in [0.717, 1.165) is 0 Å². The molecule has 4 heteroatoms. The van der Waals surface area contributed by atoms with Crippen LogP contribution >= 0.6 is 23.2 Å². The highest BCUT2D eigenvalue weighted by Gasteiger charge is 2.17. The molecular weight excluding hydrogens is 187 g/mol. The second-order valence-corrected chi connectivity index (χ2v) is 9.18. The van der Waals surface area contributed by atoms with Gasteiger partial charge in [-0.2, -0.15) is 0 Å². The van der Waals surface area contributed by atoms with Crippen LogP contribution in [0.4, 0.5) is 0 Å². The van der Waals surface area contributed by atoms with E-state index < -0.39 is 13.3 Å². The van der Waals surface area contributed by atoms with Crippen molar-refractivity contribution in [1.82, 2.24) is 0 Å². The molecule has 0 rings (SSSR count). The molecule has 0 radical (unpaired) electrons. The Hall–Kier alpha value is 0.207. The molecule has 0 amide bonds. The van der Waals surface area contributed by atoms with Crippen LogP contribution in [-0.2, 0) is 4.79 Å². The fraction of sp³-hybridized carbons (Fsp3) is 0.500. The normalized spacial score (nSPS) is 13.5. The lowest BCUT2D eigenvalue weighted by Crippen LogP contribution is -2.20. The lowest BCUT2D eigenvalue weighted by atomic mass is 10.7. The minimum Gasteiger partial charge on any atom is -0.276 e. The van der Waals surface area contributed by atoms with Crippen molar-refractivity contribution in [3.8, 4) is 0 Å². The summed E-state index contributed by atoms with van der Waals surface area (Å²) in [4.78, 5) is 10.3. The van der Waals surface area contributed by atoms with Gasteiger partial charge in [-0.15, -0.1) is 0 Å². The van der Waals surface area contributed by atoms with Crippen molar-refractivity contribution >= 4 is 36.5 Å². The summed E-state index contributed by atoms with van der Waals surface area (Å²) in [7, 11) is -1.50. The van der Waals surface area contributed by atoms with E-state index in [1.165, 1.54) is 6.08 Å². The first kappa shape index (κ1) is 10.2. The monoisotopic (exact) mass is 196 g/mol. The molecule has 1 nitrogen and oxygen atoms in total. The van der Waals surface area contributed by atoms with Crippen molar-refractivity contribution in [3.63, 3.8) is 0 Å². The quantitative estimate of drug-likeness (QED) is 0.378. The largest absolute Gasteiger partial charge is 0.276 e. The SMILES string of the molecule is C[Si](C)(C)C(Cl)=CC(=O)Cl. The summed E-state index contributed by atoms with van der Waals surface area (Å²) in [5.41, 5.74) is 0. The van der Waals surface area contributed by atoms with Crippen molar-refractivity contribution < 1.29 is 4.79 Å². The maximum absolute atomic E-state index is 10.3. The molecule has 0 aromatic carbocycles. The average molecular weight is 197 g/mol. The van der Waals surface area contributed by atoms with Crippen LogP contribution in [-0.4, -0.2) is 13.3 Å². The number of halogens is 2. The summed E-state index contributed by atoms with van der Waals surface area (Å²) >= 11 is 10.9. The molecule has 0 aliphatic heterocycles. The van der Waals surface area contributed by atoms with Gasteiger partial charge < -0.3 is 0 Å². The summed E-state index contributed by atoms with van der Waals surface area (Å²) in [5.74, 6) is 0. The summed E-state index contributed by atoms with van der Waals surface area (Å²) in [6.45, 7) is 6.14. The van der Waals surface area contributed by atoms with Crippen LogP contribution in [0.2, 0.25) is 19.6 Å². The number of hydrogen-bond acceptors (Lipinski definition) is 1. The minimum atomic E-state index is -1.50. The van der Waals surface area contributed by atoms with Crippen molar-refractivity contribution in [1.29, 1.82) is 0 Å². The minimum absolute atomic E-state index is 0.493. The van der Waals surface area contributed by atoms with Crippen molar-refractivity contribution in [2.45, 2.75) is 19.6 Å². The summed E-state index contributed by atoms with van der Waals surface area (Å²) in [6, 6.07) is 0. The molecule has 0 atom stereocenters. The molecule has 0 bridgehead atoms. The number of rotatable bonds is 2. The van der Waals surface area contributed by atoms with Crippen LogP contribution in [0, 0.1) is 0 Å². The Morgan fingerprint density at radius 3 is 1.80 bits per heavy atom. The molecule has 0 heterocycles. The van der Waals surface area contributed by atoms with Crippen LogP contribution in [0.25, 0.3) is 0 Å². The molecule has 58 valence electrons. The van der Waals surface area contributed by atoms with Crippen molar-refractivity contribution in [2.75, 3.05) is 0 Å². The molecule has 0 aliphatic rings. The smallest absolute Gasteiger partial charge is 0.245 e. The van der Waals surface area contributed by atoms with Gasteiger partial charge in [0, 0.05) is 10.7 Å². The Bertz CT molecular complexity index is 169. The molecule has 0 saturated heterocycles. The van der Waals surface area contributed by atoms with Crippen molar-refractivity contribution in [3.05, 3.63) is 10.7 Å². The zero-order valence-electron chi connectivity index (χ0n) is 6.24. The Kier molecular flexibility index (Phi) is 3.63. The topological polar surface area (TPSA) is 17.1 Å². The zero-order chi connectivity index (χ0) is 8.36. The predicted molar refractivity (Wildman–Crippen MR) is 48.1 cm³/mol. The molecule has 0 aromatic heterocycles. The summed E-state index contributed by atoms with van der Waals surface area (Å²) in [6.07, 6.45) is 1.29. The van der Waals surface area contributed by atoms with Gasteiger partial charge in [0.15, 0.2) is 0 Å². The second-order valence-electron chi connectivity index (χ2n) is 3.05. The molecular formula is C6H10Cl2OSi. The number of carbonyl (C=O) groups is 1. The first-order chi connectivity index (χ1) is 4.34. The van der Waals surface area contributed by atoms with Crippen LogP contribution in [0.15, 0.2) is 10.7 Å². The van der Waals surface area contributed by atoms with Gasteiger partial charge in [0.05, 0.1) is 8.07 Å². The molecule has 0 spiro atoms. The van der Waals surface area contributed by atoms with Crippen LogP contribution in [0.5, 0.6) is 0 Å². The highest BCUT2D eigenvalue weighted by molar-refractivity contribution is 6.92. The molecule has 0 N–H and O–H groups in total. The van der Waals surface area contributed by atoms with Gasteiger partial charge in [-0.1, -0.05) is 31.2 Å². The standard InChI is InChI=1S/C6H10Cl2OSi/c1-10(2,3)6(8)4-5(7)9/h4H,1-3H3. The number of allylic oxidation sites excluding steroid dienone is 1. The molecule has 0 unspecified atom stereocenters. The summed E-state index contributed by atoms with van der Waals surface area (Å²) in [5, 5.41) is -0.493. The first-order valence-electron chi connectivity index (χ1n) is 2.91. The van der Waals surface area contributed by atoms with Crippen molar-refractivity contribution in [2.24, 2.45) is 0 Å². The van der Waals surface area contributed by atoms with Gasteiger partial charge in [0.25, 0.3) is 0 Å². The fourth-order valence-electron chi connectivity index (χ4n) is 0.316. The molecule has 0 aromatic rings. The summed E-state index contributed by atoms with van der Waals surface area (Å²) < 4.78 is 0.618. The van der Waals surface area contributed by atoms with E-state index in [1.807, 2.05) is 19.6 Å². The first-order valence-corrected chi connectivity index (χ1v) is 7.17. The average Bonchev–Trinajstić information content (AvgIpc) is 1.60. The third-order valence-corrected chi connectivity index (χ3v) is 4.45. The van der Waals surface area contributed by atoms with Gasteiger partial charge in [0.2, 0.25) is 5.24 Å². The Labute approximate surface area is 72.0 Å². The van der Waals surface area contributed by atoms with Gasteiger partial charge in [0.1, 0.15) is 0 Å². The van der Waals surface area contributed by atoms with Gasteiger partial charge >= 0.3 is 0 Å². The molecule has 10 heavy (non-hydrogen) atoms. The molecule has 0 fully saturated rings. The molecule has 0 saturated carbocycles. The fourth-order valence-corrected chi connectivity index (χ4v) is 1.24. The van der Waals surface area contributed by atoms with E-state index in [9.17, 15) is 4.79 Å². The van der Waals surface area contributed by atoms with Crippen LogP contribution in [0.3, 0.4) is 0 Å². The van der Waals surface area contributed by atoms with E-state index in [1.54, 1.807) is 0 Å². The van der Waals surface area contributed by atoms with Crippen LogP contribution in [0.1, 0.15) is 0 Å². The van der Waals surface area contributed by atoms with Gasteiger partial charge in [-0.05, 0) is 11.6 Å². The predicted octanol–water partition coefficient (Wildman–Crippen LogP) is 2.75. The number of hydrogen-bond donors (Lipinski definition) is 0. The second kappa shape index (κ2) is 3.56. The Morgan fingerprint density at radius 2 is 1.70 bits per heavy atom. The third-order valence-electron chi connectivity index (χ3n) is 0.957.